The summed E-state index contributed by atoms with van der Waals surface area (Å²) in [6, 6.07) is 5.66. The molecular formula is C16H18Cl2FN3O2. The predicted molar refractivity (Wildman–Crippen MR) is 94.5 cm³/mol. The fraction of sp³-hybridized carbons (Fsp3) is 0.250. The number of aromatic nitrogens is 1. The number of hydrogen-bond acceptors (Lipinski definition) is 4. The highest BCUT2D eigenvalue weighted by Crippen LogP contribution is 2.36. The molecule has 0 fully saturated rings. The van der Waals surface area contributed by atoms with Crippen molar-refractivity contribution in [2.75, 3.05) is 5.32 Å². The summed E-state index contributed by atoms with van der Waals surface area (Å²) in [6.45, 7) is 3.23. The number of ether oxygens (including phenoxy) is 1. The van der Waals surface area contributed by atoms with Crippen molar-refractivity contribution in [2.45, 2.75) is 26.3 Å². The summed E-state index contributed by atoms with van der Waals surface area (Å²) >= 11 is 6.03. The Kier molecular flexibility index (Phi) is 7.41. The first-order chi connectivity index (χ1) is 10.9. The smallest absolute Gasteiger partial charge is 0.222 e. The molecule has 1 atom stereocenters. The monoisotopic (exact) mass is 373 g/mol. The molecule has 5 nitrogen and oxygen atoms in total. The lowest BCUT2D eigenvalue weighted by Gasteiger charge is -2.15. The van der Waals surface area contributed by atoms with Gasteiger partial charge in [0.15, 0.2) is 11.6 Å². The van der Waals surface area contributed by atoms with E-state index in [2.05, 4.69) is 10.3 Å². The Morgan fingerprint density at radius 2 is 2.17 bits per heavy atom. The predicted octanol–water partition coefficient (Wildman–Crippen LogP) is 4.46. The first-order valence-electron chi connectivity index (χ1n) is 7.07. The van der Waals surface area contributed by atoms with E-state index in [1.165, 1.54) is 25.3 Å². The average Bonchev–Trinajstić information content (AvgIpc) is 2.50. The fourth-order valence-corrected chi connectivity index (χ4v) is 2.17. The van der Waals surface area contributed by atoms with Gasteiger partial charge in [0.1, 0.15) is 11.6 Å². The normalized spacial score (nSPS) is 11.4. The quantitative estimate of drug-likeness (QED) is 0.810. The number of carbonyl (C=O) groups excluding carboxylic acids is 1. The van der Waals surface area contributed by atoms with Crippen molar-refractivity contribution in [2.24, 2.45) is 5.73 Å². The molecule has 0 radical (unpaired) electrons. The fourth-order valence-electron chi connectivity index (χ4n) is 1.99. The van der Waals surface area contributed by atoms with E-state index in [0.717, 1.165) is 0 Å². The van der Waals surface area contributed by atoms with Gasteiger partial charge in [0.2, 0.25) is 5.91 Å². The molecule has 1 aromatic heterocycles. The number of pyridine rings is 1. The SMILES string of the molecule is CC[C@@H](N)c1ccc(Cl)c(Oc2ccnc(NC(C)=O)c2)c1F.Cl. The summed E-state index contributed by atoms with van der Waals surface area (Å²) in [7, 11) is 0. The van der Waals surface area contributed by atoms with Crippen LogP contribution in [0.3, 0.4) is 0 Å². The van der Waals surface area contributed by atoms with Gasteiger partial charge in [0.05, 0.1) is 5.02 Å². The summed E-state index contributed by atoms with van der Waals surface area (Å²) in [5, 5.41) is 2.65. The van der Waals surface area contributed by atoms with E-state index in [1.54, 1.807) is 12.1 Å². The van der Waals surface area contributed by atoms with E-state index in [1.807, 2.05) is 6.92 Å². The van der Waals surface area contributed by atoms with E-state index in [4.69, 9.17) is 22.1 Å². The third-order valence-corrected chi connectivity index (χ3v) is 3.47. The second kappa shape index (κ2) is 8.82. The van der Waals surface area contributed by atoms with Gasteiger partial charge in [-0.1, -0.05) is 24.6 Å². The summed E-state index contributed by atoms with van der Waals surface area (Å²) < 4.78 is 20.1. The molecule has 0 saturated carbocycles. The number of nitrogens with two attached hydrogens (primary N) is 1. The molecule has 0 aliphatic carbocycles. The molecule has 2 rings (SSSR count). The van der Waals surface area contributed by atoms with Gasteiger partial charge >= 0.3 is 0 Å². The van der Waals surface area contributed by atoms with E-state index in [-0.39, 0.29) is 29.1 Å². The highest BCUT2D eigenvalue weighted by atomic mass is 35.5. The van der Waals surface area contributed by atoms with Gasteiger partial charge in [0, 0.05) is 30.8 Å². The minimum atomic E-state index is -0.593. The van der Waals surface area contributed by atoms with E-state index in [9.17, 15) is 9.18 Å². The third-order valence-electron chi connectivity index (χ3n) is 3.17. The maximum Gasteiger partial charge on any atom is 0.222 e. The molecule has 1 heterocycles. The molecule has 1 aromatic carbocycles. The molecule has 0 saturated heterocycles. The molecule has 0 spiro atoms. The molecule has 0 aliphatic rings. The molecule has 3 N–H and O–H groups in total. The molecule has 0 bridgehead atoms. The van der Waals surface area contributed by atoms with Gasteiger partial charge in [-0.2, -0.15) is 0 Å². The molecular weight excluding hydrogens is 356 g/mol. The number of carbonyl (C=O) groups is 1. The van der Waals surface area contributed by atoms with Gasteiger partial charge in [-0.05, 0) is 18.6 Å². The number of halogens is 3. The maximum absolute atomic E-state index is 14.6. The lowest BCUT2D eigenvalue weighted by atomic mass is 10.0. The molecule has 0 unspecified atom stereocenters. The van der Waals surface area contributed by atoms with Crippen molar-refractivity contribution < 1.29 is 13.9 Å². The Hall–Kier alpha value is -1.89. The number of rotatable bonds is 5. The summed E-state index contributed by atoms with van der Waals surface area (Å²) in [5.74, 6) is -0.368. The number of amides is 1. The number of anilines is 1. The van der Waals surface area contributed by atoms with Gasteiger partial charge in [-0.15, -0.1) is 12.4 Å². The molecule has 2 aromatic rings. The molecule has 1 amide bonds. The molecule has 0 aliphatic heterocycles. The average molecular weight is 374 g/mol. The van der Waals surface area contributed by atoms with Crippen LogP contribution in [0.4, 0.5) is 10.2 Å². The van der Waals surface area contributed by atoms with Crippen molar-refractivity contribution in [3.63, 3.8) is 0 Å². The topological polar surface area (TPSA) is 77.2 Å². The standard InChI is InChI=1S/C16H17ClFN3O2.ClH/c1-3-13(19)11-4-5-12(17)16(15(11)18)23-10-6-7-20-14(8-10)21-9(2)22;/h4-8,13H,3,19H2,1-2H3,(H,20,21,22);1H/t13-;/m1./s1. The van der Waals surface area contributed by atoms with Crippen LogP contribution in [0, 0.1) is 5.82 Å². The zero-order chi connectivity index (χ0) is 17.0. The second-order valence-electron chi connectivity index (χ2n) is 4.95. The van der Waals surface area contributed by atoms with Crippen LogP contribution in [0.5, 0.6) is 11.5 Å². The van der Waals surface area contributed by atoms with Crippen LogP contribution in [0.2, 0.25) is 5.02 Å². The summed E-state index contributed by atoms with van der Waals surface area (Å²) in [5.41, 5.74) is 6.23. The number of benzene rings is 1. The van der Waals surface area contributed by atoms with Crippen LogP contribution >= 0.6 is 24.0 Å². The van der Waals surface area contributed by atoms with E-state index < -0.39 is 11.9 Å². The van der Waals surface area contributed by atoms with Crippen molar-refractivity contribution >= 4 is 35.7 Å². The van der Waals surface area contributed by atoms with Crippen molar-refractivity contribution in [3.05, 3.63) is 46.9 Å². The minimum Gasteiger partial charge on any atom is -0.452 e. The Balaban J connectivity index is 0.00000288. The molecule has 130 valence electrons. The summed E-state index contributed by atoms with van der Waals surface area (Å²) in [6.07, 6.45) is 2.02. The highest BCUT2D eigenvalue weighted by molar-refractivity contribution is 6.32. The van der Waals surface area contributed by atoms with Crippen molar-refractivity contribution in [1.82, 2.24) is 4.98 Å². The van der Waals surface area contributed by atoms with E-state index in [0.29, 0.717) is 23.6 Å². The molecule has 24 heavy (non-hydrogen) atoms. The van der Waals surface area contributed by atoms with Crippen molar-refractivity contribution in [1.29, 1.82) is 0 Å². The van der Waals surface area contributed by atoms with Crippen LogP contribution in [0.25, 0.3) is 0 Å². The van der Waals surface area contributed by atoms with Crippen molar-refractivity contribution in [3.8, 4) is 11.5 Å². The van der Waals surface area contributed by atoms with Gasteiger partial charge in [0.25, 0.3) is 0 Å². The zero-order valence-corrected chi connectivity index (χ0v) is 14.7. The number of nitrogens with zero attached hydrogens (tertiary/aromatic N) is 1. The Bertz CT molecular complexity index is 728. The third kappa shape index (κ3) is 4.80. The largest absolute Gasteiger partial charge is 0.452 e. The zero-order valence-electron chi connectivity index (χ0n) is 13.2. The van der Waals surface area contributed by atoms with Crippen LogP contribution < -0.4 is 15.8 Å². The van der Waals surface area contributed by atoms with Crippen LogP contribution in [-0.2, 0) is 4.79 Å². The van der Waals surface area contributed by atoms with Gasteiger partial charge < -0.3 is 15.8 Å². The lowest BCUT2D eigenvalue weighted by molar-refractivity contribution is -0.114. The lowest BCUT2D eigenvalue weighted by Crippen LogP contribution is -2.11. The molecule has 8 heteroatoms. The Morgan fingerprint density at radius 3 is 2.79 bits per heavy atom. The first kappa shape index (κ1) is 20.2. The Labute approximate surface area is 150 Å². The van der Waals surface area contributed by atoms with Gasteiger partial charge in [-0.25, -0.2) is 9.37 Å². The maximum atomic E-state index is 14.6. The second-order valence-corrected chi connectivity index (χ2v) is 5.36. The van der Waals surface area contributed by atoms with Gasteiger partial charge in [-0.3, -0.25) is 4.79 Å². The van der Waals surface area contributed by atoms with Crippen LogP contribution in [0.15, 0.2) is 30.5 Å². The van der Waals surface area contributed by atoms with Crippen LogP contribution in [0.1, 0.15) is 31.9 Å². The Morgan fingerprint density at radius 1 is 1.46 bits per heavy atom. The number of nitrogens with one attached hydrogen (secondary N) is 1. The summed E-state index contributed by atoms with van der Waals surface area (Å²) in [4.78, 5) is 15.0. The van der Waals surface area contributed by atoms with E-state index >= 15 is 0 Å². The minimum absolute atomic E-state index is 0. The van der Waals surface area contributed by atoms with Crippen LogP contribution in [-0.4, -0.2) is 10.9 Å². The highest BCUT2D eigenvalue weighted by Gasteiger charge is 2.18. The first-order valence-corrected chi connectivity index (χ1v) is 7.45. The number of hydrogen-bond donors (Lipinski definition) is 2.